The summed E-state index contributed by atoms with van der Waals surface area (Å²) in [5.74, 6) is 0.775. The molecule has 0 aliphatic carbocycles. The molecule has 1 unspecified atom stereocenters. The van der Waals surface area contributed by atoms with E-state index in [-0.39, 0.29) is 21.6 Å². The number of nitrogen functional groups attached to an aromatic ring is 1. The number of thiazole rings is 3. The SMILES string of the molecule is CC(C)C(Br)C(=O)c1nc2ccccc2s1.CC(C)c1sc(N)nc1-c1nc2ccccc2s1.NC(N)=S. The van der Waals surface area contributed by atoms with E-state index in [1.54, 1.807) is 22.7 Å². The third kappa shape index (κ3) is 7.76. The van der Waals surface area contributed by atoms with E-state index in [2.05, 4.69) is 74.5 Å². The Kier molecular flexibility index (Phi) is 10.7. The number of Topliss-reactive ketones (excluding diaryl/α,β-unsaturated/α-hetero) is 1. The topological polar surface area (TPSA) is 134 Å². The lowest BCUT2D eigenvalue weighted by molar-refractivity contribution is 0.0978. The van der Waals surface area contributed by atoms with E-state index in [9.17, 15) is 4.79 Å². The largest absolute Gasteiger partial charge is 0.377 e. The molecular formula is C26H29BrN6OS4. The fourth-order valence-electron chi connectivity index (χ4n) is 3.27. The first-order chi connectivity index (χ1) is 18.0. The molecule has 0 saturated heterocycles. The van der Waals surface area contributed by atoms with Crippen LogP contribution < -0.4 is 17.2 Å². The van der Waals surface area contributed by atoms with Gasteiger partial charge in [-0.15, -0.1) is 34.0 Å². The minimum Gasteiger partial charge on any atom is -0.377 e. The zero-order valence-electron chi connectivity index (χ0n) is 21.3. The summed E-state index contributed by atoms with van der Waals surface area (Å²) in [6.07, 6.45) is 0. The molecule has 1 atom stereocenters. The highest BCUT2D eigenvalue weighted by molar-refractivity contribution is 9.10. The number of halogens is 1. The summed E-state index contributed by atoms with van der Waals surface area (Å²) in [6.45, 7) is 8.35. The molecule has 0 aliphatic heterocycles. The number of benzene rings is 2. The highest BCUT2D eigenvalue weighted by atomic mass is 79.9. The van der Waals surface area contributed by atoms with Crippen molar-refractivity contribution in [2.75, 3.05) is 5.73 Å². The molecule has 0 fully saturated rings. The molecule has 200 valence electrons. The van der Waals surface area contributed by atoms with Gasteiger partial charge in [-0.25, -0.2) is 15.0 Å². The van der Waals surface area contributed by atoms with Gasteiger partial charge in [0.2, 0.25) is 5.78 Å². The van der Waals surface area contributed by atoms with Gasteiger partial charge in [0.15, 0.2) is 15.3 Å². The molecule has 0 aliphatic rings. The van der Waals surface area contributed by atoms with Crippen molar-refractivity contribution in [1.82, 2.24) is 15.0 Å². The van der Waals surface area contributed by atoms with E-state index in [1.165, 1.54) is 20.9 Å². The fourth-order valence-corrected chi connectivity index (χ4v) is 6.45. The maximum atomic E-state index is 12.1. The van der Waals surface area contributed by atoms with Gasteiger partial charge in [0.25, 0.3) is 0 Å². The second-order valence-electron chi connectivity index (χ2n) is 8.81. The third-order valence-corrected chi connectivity index (χ3v) is 9.78. The first-order valence-electron chi connectivity index (χ1n) is 11.7. The molecule has 0 bridgehead atoms. The Bertz CT molecular complexity index is 1470. The standard InChI is InChI=1S/C13H13N3S2.C12H12BrNOS.CH4N2S/c1-7(2)11-10(16-13(14)18-11)12-15-8-5-3-4-6-9(8)17-12;1-7(2)10(13)11(15)12-14-8-5-3-4-6-9(8)16-12;2-1(3)4/h3-7H,1-2H3,(H2,14,16);3-7,10H,1-2H3;(H4,2,3,4). The van der Waals surface area contributed by atoms with Gasteiger partial charge >= 0.3 is 0 Å². The molecule has 2 aromatic carbocycles. The van der Waals surface area contributed by atoms with Crippen molar-refractivity contribution in [1.29, 1.82) is 0 Å². The molecule has 0 amide bonds. The molecule has 38 heavy (non-hydrogen) atoms. The number of alkyl halides is 1. The number of rotatable bonds is 5. The highest BCUT2D eigenvalue weighted by Gasteiger charge is 2.23. The Balaban J connectivity index is 0.000000186. The lowest BCUT2D eigenvalue weighted by Gasteiger charge is -2.09. The molecule has 3 aromatic heterocycles. The Labute approximate surface area is 247 Å². The molecule has 3 heterocycles. The lowest BCUT2D eigenvalue weighted by Crippen LogP contribution is -2.19. The second kappa shape index (κ2) is 13.5. The molecule has 5 rings (SSSR count). The van der Waals surface area contributed by atoms with Crippen LogP contribution in [0.5, 0.6) is 0 Å². The number of anilines is 1. The summed E-state index contributed by atoms with van der Waals surface area (Å²) in [6, 6.07) is 16.0. The van der Waals surface area contributed by atoms with E-state index in [0.29, 0.717) is 16.1 Å². The minimum atomic E-state index is -0.145. The molecule has 0 radical (unpaired) electrons. The third-order valence-electron chi connectivity index (χ3n) is 5.03. The Morgan fingerprint density at radius 2 is 1.39 bits per heavy atom. The minimum absolute atomic E-state index is 0.000000000000000222. The van der Waals surface area contributed by atoms with Crippen molar-refractivity contribution < 1.29 is 4.79 Å². The molecule has 6 N–H and O–H groups in total. The van der Waals surface area contributed by atoms with Crippen molar-refractivity contribution in [2.24, 2.45) is 17.4 Å². The van der Waals surface area contributed by atoms with E-state index in [1.807, 2.05) is 56.3 Å². The van der Waals surface area contributed by atoms with Gasteiger partial charge in [0.05, 0.1) is 25.3 Å². The number of aromatic nitrogens is 3. The average molecular weight is 650 g/mol. The number of hydrogen-bond donors (Lipinski definition) is 3. The van der Waals surface area contributed by atoms with Crippen LogP contribution in [0.1, 0.15) is 48.3 Å². The maximum Gasteiger partial charge on any atom is 0.205 e. The maximum absolute atomic E-state index is 12.1. The van der Waals surface area contributed by atoms with Crippen molar-refractivity contribution in [2.45, 2.75) is 38.4 Å². The Morgan fingerprint density at radius 3 is 1.89 bits per heavy atom. The van der Waals surface area contributed by atoms with Crippen molar-refractivity contribution in [3.05, 3.63) is 58.4 Å². The van der Waals surface area contributed by atoms with Gasteiger partial charge < -0.3 is 17.2 Å². The second-order valence-corrected chi connectivity index (χ2v) is 13.4. The van der Waals surface area contributed by atoms with Gasteiger partial charge in [0.1, 0.15) is 10.7 Å². The Hall–Kier alpha value is -2.51. The predicted octanol–water partition coefficient (Wildman–Crippen LogP) is 7.21. The summed E-state index contributed by atoms with van der Waals surface area (Å²) in [5, 5.41) is 2.18. The van der Waals surface area contributed by atoms with Gasteiger partial charge in [-0.05, 0) is 48.3 Å². The molecule has 5 aromatic rings. The molecule has 7 nitrogen and oxygen atoms in total. The Morgan fingerprint density at radius 1 is 0.868 bits per heavy atom. The monoisotopic (exact) mass is 648 g/mol. The number of para-hydroxylation sites is 2. The molecule has 0 spiro atoms. The fraction of sp³-hybridized carbons (Fsp3) is 0.269. The van der Waals surface area contributed by atoms with E-state index < -0.39 is 0 Å². The van der Waals surface area contributed by atoms with Crippen LogP contribution in [0.2, 0.25) is 0 Å². The average Bonchev–Trinajstić information content (AvgIpc) is 3.58. The number of fused-ring (bicyclic) bond motifs is 2. The van der Waals surface area contributed by atoms with Crippen molar-refractivity contribution >= 4 is 98.6 Å². The number of hydrogen-bond acceptors (Lipinski definition) is 9. The predicted molar refractivity (Wildman–Crippen MR) is 172 cm³/mol. The van der Waals surface area contributed by atoms with Crippen LogP contribution in [-0.4, -0.2) is 30.7 Å². The van der Waals surface area contributed by atoms with Gasteiger partial charge in [0, 0.05) is 4.88 Å². The summed E-state index contributed by atoms with van der Waals surface area (Å²) in [4.78, 5) is 26.6. The van der Waals surface area contributed by atoms with Crippen molar-refractivity contribution in [3.8, 4) is 10.7 Å². The summed E-state index contributed by atoms with van der Waals surface area (Å²) >= 11 is 12.2. The van der Waals surface area contributed by atoms with E-state index in [0.717, 1.165) is 26.4 Å². The molecule has 12 heteroatoms. The molecular weight excluding hydrogens is 620 g/mol. The number of carbonyl (C=O) groups excluding carboxylic acids is 1. The van der Waals surface area contributed by atoms with Crippen LogP contribution in [0.4, 0.5) is 5.13 Å². The van der Waals surface area contributed by atoms with Gasteiger partial charge in [-0.2, -0.15) is 0 Å². The van der Waals surface area contributed by atoms with Crippen LogP contribution >= 0.6 is 62.2 Å². The highest BCUT2D eigenvalue weighted by Crippen LogP contribution is 2.38. The van der Waals surface area contributed by atoms with E-state index >= 15 is 0 Å². The van der Waals surface area contributed by atoms with Crippen LogP contribution in [0.3, 0.4) is 0 Å². The van der Waals surface area contributed by atoms with Crippen LogP contribution in [0.25, 0.3) is 31.1 Å². The number of thiocarbonyl (C=S) groups is 1. The first-order valence-corrected chi connectivity index (χ1v) is 15.5. The summed E-state index contributed by atoms with van der Waals surface area (Å²) in [7, 11) is 0. The number of carbonyl (C=O) groups is 1. The van der Waals surface area contributed by atoms with Crippen LogP contribution in [0.15, 0.2) is 48.5 Å². The number of nitrogens with two attached hydrogens (primary N) is 3. The normalized spacial score (nSPS) is 11.7. The van der Waals surface area contributed by atoms with Gasteiger partial charge in [-0.1, -0.05) is 67.9 Å². The van der Waals surface area contributed by atoms with Crippen LogP contribution in [-0.2, 0) is 0 Å². The van der Waals surface area contributed by atoms with Crippen LogP contribution in [0, 0.1) is 5.92 Å². The smallest absolute Gasteiger partial charge is 0.205 e. The summed E-state index contributed by atoms with van der Waals surface area (Å²) in [5.41, 5.74) is 18.0. The quantitative estimate of drug-likeness (QED) is 0.103. The molecule has 0 saturated carbocycles. The lowest BCUT2D eigenvalue weighted by atomic mass is 10.1. The first kappa shape index (κ1) is 30.0. The number of nitrogens with zero attached hydrogens (tertiary/aromatic N) is 3. The zero-order chi connectivity index (χ0) is 28.0. The van der Waals surface area contributed by atoms with Gasteiger partial charge in [-0.3, -0.25) is 4.79 Å². The zero-order valence-corrected chi connectivity index (χ0v) is 26.2. The number of ketones is 1. The van der Waals surface area contributed by atoms with E-state index in [4.69, 9.17) is 5.73 Å². The van der Waals surface area contributed by atoms with Crippen molar-refractivity contribution in [3.63, 3.8) is 0 Å². The summed E-state index contributed by atoms with van der Waals surface area (Å²) < 4.78 is 2.25.